The Morgan fingerprint density at radius 2 is 1.70 bits per heavy atom. The van der Waals surface area contributed by atoms with Crippen molar-refractivity contribution in [1.29, 1.82) is 0 Å². The number of methoxy groups -OCH3 is 1. The molecule has 0 saturated heterocycles. The van der Waals surface area contributed by atoms with Crippen LogP contribution in [-0.2, 0) is 22.2 Å². The molecule has 1 atom stereocenters. The predicted molar refractivity (Wildman–Crippen MR) is 160 cm³/mol. The summed E-state index contributed by atoms with van der Waals surface area (Å²) in [5.41, 5.74) is 2.95. The molecule has 12 heteroatoms. The number of alkyl halides is 3. The maximum atomic E-state index is 13.3. The van der Waals surface area contributed by atoms with Crippen LogP contribution in [0.3, 0.4) is 0 Å². The fourth-order valence-electron chi connectivity index (χ4n) is 4.41. The average molecular weight is 598 g/mol. The minimum atomic E-state index is -4.42. The number of benzene rings is 3. The van der Waals surface area contributed by atoms with Gasteiger partial charge in [-0.25, -0.2) is 9.97 Å². The molecule has 228 valence electrons. The molecular weight excluding hydrogens is 563 g/mol. The zero-order chi connectivity index (χ0) is 31.9. The fourth-order valence-corrected chi connectivity index (χ4v) is 4.41. The molecule has 4 aromatic rings. The van der Waals surface area contributed by atoms with E-state index >= 15 is 0 Å². The van der Waals surface area contributed by atoms with E-state index in [1.165, 1.54) is 11.0 Å². The zero-order valence-electron chi connectivity index (χ0n) is 24.7. The van der Waals surface area contributed by atoms with Crippen LogP contribution in [0, 0.1) is 6.92 Å². The van der Waals surface area contributed by atoms with Gasteiger partial charge in [0.05, 0.1) is 24.6 Å². The smallest absolute Gasteiger partial charge is 0.416 e. The van der Waals surface area contributed by atoms with Crippen molar-refractivity contribution in [3.63, 3.8) is 0 Å². The first-order valence-corrected chi connectivity index (χ1v) is 13.2. The molecule has 43 heavy (non-hydrogen) atoms. The first kappa shape index (κ1) is 32.6. The highest BCUT2D eigenvalue weighted by molar-refractivity contribution is 5.92. The van der Waals surface area contributed by atoms with Crippen molar-refractivity contribution >= 4 is 40.5 Å². The van der Waals surface area contributed by atoms with E-state index in [9.17, 15) is 18.0 Å². The second-order valence-corrected chi connectivity index (χ2v) is 9.94. The van der Waals surface area contributed by atoms with E-state index in [2.05, 4.69) is 15.3 Å². The van der Waals surface area contributed by atoms with Crippen LogP contribution in [0.4, 0.5) is 30.4 Å². The summed E-state index contributed by atoms with van der Waals surface area (Å²) in [7, 11) is 6.91. The van der Waals surface area contributed by atoms with E-state index < -0.39 is 17.8 Å². The van der Waals surface area contributed by atoms with Crippen LogP contribution in [-0.4, -0.2) is 60.6 Å². The quantitative estimate of drug-likeness (QED) is 0.230. The summed E-state index contributed by atoms with van der Waals surface area (Å²) in [5.74, 6) is 1.65. The highest BCUT2D eigenvalue weighted by Crippen LogP contribution is 2.34. The molecule has 1 aromatic heterocycles. The third kappa shape index (κ3) is 8.12. The van der Waals surface area contributed by atoms with Gasteiger partial charge in [0.1, 0.15) is 17.4 Å². The monoisotopic (exact) mass is 597 g/mol. The van der Waals surface area contributed by atoms with Gasteiger partial charge in [-0.15, -0.1) is 0 Å². The minimum absolute atomic E-state index is 0.0399. The second-order valence-electron chi connectivity index (χ2n) is 9.94. The lowest BCUT2D eigenvalue weighted by molar-refractivity contribution is -0.137. The number of aromatic nitrogens is 2. The second kappa shape index (κ2) is 13.9. The number of carbonyl (C=O) groups excluding carboxylic acids is 1. The van der Waals surface area contributed by atoms with Crippen molar-refractivity contribution in [1.82, 2.24) is 14.9 Å². The lowest BCUT2D eigenvalue weighted by Crippen LogP contribution is -2.23. The summed E-state index contributed by atoms with van der Waals surface area (Å²) in [6.45, 7) is 3.32. The van der Waals surface area contributed by atoms with Gasteiger partial charge in [0.25, 0.3) is 6.47 Å². The van der Waals surface area contributed by atoms with Gasteiger partial charge in [0, 0.05) is 49.5 Å². The van der Waals surface area contributed by atoms with E-state index in [0.29, 0.717) is 28.5 Å². The van der Waals surface area contributed by atoms with Crippen molar-refractivity contribution in [2.24, 2.45) is 0 Å². The van der Waals surface area contributed by atoms with Crippen molar-refractivity contribution < 1.29 is 32.6 Å². The maximum Gasteiger partial charge on any atom is 0.416 e. The molecule has 0 fully saturated rings. The Morgan fingerprint density at radius 3 is 2.33 bits per heavy atom. The van der Waals surface area contributed by atoms with Crippen LogP contribution in [0.5, 0.6) is 5.75 Å². The molecule has 0 saturated carbocycles. The number of rotatable bonds is 8. The Labute approximate surface area is 247 Å². The number of halogens is 3. The van der Waals surface area contributed by atoms with Gasteiger partial charge in [-0.1, -0.05) is 12.1 Å². The summed E-state index contributed by atoms with van der Waals surface area (Å²) in [6, 6.07) is 16.2. The van der Waals surface area contributed by atoms with Gasteiger partial charge in [-0.05, 0) is 67.9 Å². The molecule has 0 aliphatic carbocycles. The average Bonchev–Trinajstić information content (AvgIpc) is 2.96. The molecule has 0 unspecified atom stereocenters. The van der Waals surface area contributed by atoms with Gasteiger partial charge in [0.2, 0.25) is 5.91 Å². The Bertz CT molecular complexity index is 1590. The molecule has 3 aromatic carbocycles. The Balaban J connectivity index is 0.00000162. The largest absolute Gasteiger partial charge is 0.496 e. The highest BCUT2D eigenvalue weighted by Gasteiger charge is 2.30. The standard InChI is InChI=1S/C30H32F3N5O2.CH2O2/c1-18(20-8-7-9-22(14-20)30(31,32)33)34-29-25-17-24(10-12-26(25)35-19(2)36-29)38(5)23-11-13-27(40-6)21(15-23)16-28(39)37(3)4;2-1-3/h7-15,17-18H,16H2,1-6H3,(H,34,35,36);1H,(H,2,3)/t18-;/m0./s1. The number of aryl methyl sites for hydroxylation is 1. The van der Waals surface area contributed by atoms with E-state index in [1.54, 1.807) is 41.1 Å². The normalized spacial score (nSPS) is 11.7. The number of hydrogen-bond donors (Lipinski definition) is 2. The minimum Gasteiger partial charge on any atom is -0.496 e. The summed E-state index contributed by atoms with van der Waals surface area (Å²) < 4.78 is 45.3. The third-order valence-electron chi connectivity index (χ3n) is 6.74. The van der Waals surface area contributed by atoms with Crippen molar-refractivity contribution in [2.75, 3.05) is 38.5 Å². The molecule has 0 aliphatic rings. The maximum absolute atomic E-state index is 13.3. The SMILES string of the molecule is COc1ccc(N(C)c2ccc3nc(C)nc(N[C@@H](C)c4cccc(C(F)(F)F)c4)c3c2)cc1CC(=O)N(C)C.O=CO. The third-order valence-corrected chi connectivity index (χ3v) is 6.74. The number of anilines is 3. The van der Waals surface area contributed by atoms with Crippen LogP contribution < -0.4 is 15.0 Å². The van der Waals surface area contributed by atoms with Crippen molar-refractivity contribution in [3.05, 3.63) is 83.2 Å². The molecule has 9 nitrogen and oxygen atoms in total. The molecule has 0 radical (unpaired) electrons. The van der Waals surface area contributed by atoms with Gasteiger partial charge in [-0.3, -0.25) is 9.59 Å². The predicted octanol–water partition coefficient (Wildman–Crippen LogP) is 6.24. The first-order valence-electron chi connectivity index (χ1n) is 13.2. The highest BCUT2D eigenvalue weighted by atomic mass is 19.4. The number of ether oxygens (including phenoxy) is 1. The fraction of sp³-hybridized carbons (Fsp3) is 0.290. The summed E-state index contributed by atoms with van der Waals surface area (Å²) >= 11 is 0. The van der Waals surface area contributed by atoms with Crippen molar-refractivity contribution in [2.45, 2.75) is 32.5 Å². The number of carboxylic acid groups (broad SMARTS) is 1. The Hall–Kier alpha value is -4.87. The number of amides is 1. The number of hydrogen-bond acceptors (Lipinski definition) is 7. The topological polar surface area (TPSA) is 108 Å². The molecular formula is C31H34F3N5O4. The van der Waals surface area contributed by atoms with Crippen LogP contribution in [0.2, 0.25) is 0 Å². The number of nitrogens with one attached hydrogen (secondary N) is 1. The first-order chi connectivity index (χ1) is 20.3. The Kier molecular flexibility index (Phi) is 10.5. The lowest BCUT2D eigenvalue weighted by atomic mass is 10.0. The van der Waals surface area contributed by atoms with Crippen LogP contribution in [0.1, 0.15) is 35.5 Å². The zero-order valence-corrected chi connectivity index (χ0v) is 24.7. The molecule has 1 heterocycles. The number of nitrogens with zero attached hydrogens (tertiary/aromatic N) is 4. The summed E-state index contributed by atoms with van der Waals surface area (Å²) in [4.78, 5) is 33.4. The van der Waals surface area contributed by atoms with Gasteiger partial charge >= 0.3 is 6.18 Å². The molecule has 1 amide bonds. The van der Waals surface area contributed by atoms with Gasteiger partial charge < -0.3 is 25.0 Å². The van der Waals surface area contributed by atoms with E-state index in [-0.39, 0.29) is 18.8 Å². The Morgan fingerprint density at radius 1 is 1.05 bits per heavy atom. The number of fused-ring (bicyclic) bond motifs is 1. The van der Waals surface area contributed by atoms with E-state index in [4.69, 9.17) is 14.6 Å². The molecule has 0 aliphatic heterocycles. The number of likely N-dealkylation sites (N-methyl/N-ethyl adjacent to an activating group) is 1. The summed E-state index contributed by atoms with van der Waals surface area (Å²) in [5, 5.41) is 10.9. The molecule has 4 rings (SSSR count). The summed E-state index contributed by atoms with van der Waals surface area (Å²) in [6.07, 6.45) is -4.22. The van der Waals surface area contributed by atoms with Crippen LogP contribution in [0.25, 0.3) is 10.9 Å². The van der Waals surface area contributed by atoms with Crippen LogP contribution >= 0.6 is 0 Å². The number of carbonyl (C=O) groups is 2. The van der Waals surface area contributed by atoms with Crippen LogP contribution in [0.15, 0.2) is 60.7 Å². The van der Waals surface area contributed by atoms with E-state index in [0.717, 1.165) is 34.5 Å². The van der Waals surface area contributed by atoms with Crippen molar-refractivity contribution in [3.8, 4) is 5.75 Å². The molecule has 0 spiro atoms. The lowest BCUT2D eigenvalue weighted by Gasteiger charge is -2.23. The van der Waals surface area contributed by atoms with Gasteiger partial charge in [0.15, 0.2) is 0 Å². The molecule has 2 N–H and O–H groups in total. The van der Waals surface area contributed by atoms with Gasteiger partial charge in [-0.2, -0.15) is 13.2 Å². The van der Waals surface area contributed by atoms with E-state index in [1.807, 2.05) is 48.3 Å². The molecule has 0 bridgehead atoms.